The van der Waals surface area contributed by atoms with E-state index < -0.39 is 0 Å². The van der Waals surface area contributed by atoms with Crippen LogP contribution in [0.3, 0.4) is 0 Å². The van der Waals surface area contributed by atoms with Gasteiger partial charge in [-0.1, -0.05) is 90.0 Å². The number of nitrogens with zero attached hydrogens (tertiary/aromatic N) is 1. The van der Waals surface area contributed by atoms with Gasteiger partial charge in [-0.2, -0.15) is 4.57 Å². The van der Waals surface area contributed by atoms with E-state index in [1.807, 2.05) is 0 Å². The van der Waals surface area contributed by atoms with Crippen LogP contribution in [0.2, 0.25) is 0 Å². The fraction of sp³-hybridized carbons (Fsp3) is 0.762. The van der Waals surface area contributed by atoms with Crippen LogP contribution in [0.4, 0.5) is 0 Å². The first-order valence-electron chi connectivity index (χ1n) is 9.94. The second-order valence-electron chi connectivity index (χ2n) is 6.79. The zero-order chi connectivity index (χ0) is 16.6. The average molecular weight is 430 g/mol. The van der Waals surface area contributed by atoms with Gasteiger partial charge in [0.2, 0.25) is 4.05 Å². The molecule has 0 N–H and O–H groups in total. The van der Waals surface area contributed by atoms with E-state index in [0.717, 1.165) is 0 Å². The molecule has 0 radical (unpaired) electrons. The summed E-state index contributed by atoms with van der Waals surface area (Å²) in [6.07, 6.45) is 24.3. The summed E-state index contributed by atoms with van der Waals surface area (Å²) in [5, 5.41) is 0. The molecule has 23 heavy (non-hydrogen) atoms. The minimum Gasteiger partial charge on any atom is -0.193 e. The summed E-state index contributed by atoms with van der Waals surface area (Å²) in [5.41, 5.74) is 0. The van der Waals surface area contributed by atoms with E-state index in [1.165, 1.54) is 89.9 Å². The quantitative estimate of drug-likeness (QED) is 0.118. The Bertz CT molecular complexity index is 352. The van der Waals surface area contributed by atoms with Gasteiger partial charge in [0.15, 0.2) is 12.4 Å². The van der Waals surface area contributed by atoms with Crippen LogP contribution in [-0.4, -0.2) is 0 Å². The van der Waals surface area contributed by atoms with Crippen LogP contribution in [0.25, 0.3) is 0 Å². The van der Waals surface area contributed by atoms with Crippen LogP contribution in [0, 0.1) is 0 Å². The van der Waals surface area contributed by atoms with Gasteiger partial charge in [0.1, 0.15) is 0 Å². The highest BCUT2D eigenvalue weighted by molar-refractivity contribution is 14.1. The third-order valence-electron chi connectivity index (χ3n) is 4.61. The first-order chi connectivity index (χ1) is 11.3. The SMILES string of the molecule is CCCCCCCCCCCCCCCC(I)[n+]1ccccc1. The maximum Gasteiger partial charge on any atom is 0.207 e. The molecule has 1 rings (SSSR count). The number of hydrogen-bond donors (Lipinski definition) is 0. The molecule has 0 fully saturated rings. The Labute approximate surface area is 158 Å². The fourth-order valence-electron chi connectivity index (χ4n) is 3.08. The summed E-state index contributed by atoms with van der Waals surface area (Å²) in [6, 6.07) is 6.33. The monoisotopic (exact) mass is 430 g/mol. The summed E-state index contributed by atoms with van der Waals surface area (Å²) in [6.45, 7) is 2.29. The highest BCUT2D eigenvalue weighted by Gasteiger charge is 2.11. The second-order valence-corrected chi connectivity index (χ2v) is 8.23. The zero-order valence-electron chi connectivity index (χ0n) is 15.2. The van der Waals surface area contributed by atoms with Gasteiger partial charge < -0.3 is 0 Å². The molecule has 1 heterocycles. The van der Waals surface area contributed by atoms with Gasteiger partial charge in [-0.3, -0.25) is 0 Å². The fourth-order valence-corrected chi connectivity index (χ4v) is 3.89. The molecule has 1 aromatic rings. The normalized spacial score (nSPS) is 12.4. The van der Waals surface area contributed by atoms with Gasteiger partial charge in [-0.05, 0) is 29.0 Å². The van der Waals surface area contributed by atoms with Crippen molar-refractivity contribution in [2.75, 3.05) is 0 Å². The van der Waals surface area contributed by atoms with Crippen LogP contribution >= 0.6 is 22.6 Å². The molecule has 0 amide bonds. The van der Waals surface area contributed by atoms with E-state index in [4.69, 9.17) is 0 Å². The number of halogens is 1. The van der Waals surface area contributed by atoms with Crippen molar-refractivity contribution in [3.8, 4) is 0 Å². The van der Waals surface area contributed by atoms with Crippen molar-refractivity contribution in [2.45, 2.75) is 101 Å². The molecule has 132 valence electrons. The highest BCUT2D eigenvalue weighted by Crippen LogP contribution is 2.18. The Hall–Kier alpha value is -0.120. The first-order valence-corrected chi connectivity index (χ1v) is 11.2. The first kappa shape index (κ1) is 20.9. The van der Waals surface area contributed by atoms with E-state index in [-0.39, 0.29) is 0 Å². The molecule has 0 spiro atoms. The van der Waals surface area contributed by atoms with Crippen LogP contribution in [0.15, 0.2) is 30.6 Å². The van der Waals surface area contributed by atoms with Crippen LogP contribution in [0.1, 0.15) is 101 Å². The minimum atomic E-state index is 0.613. The maximum absolute atomic E-state index is 2.57. The van der Waals surface area contributed by atoms with Crippen molar-refractivity contribution in [1.29, 1.82) is 0 Å². The third kappa shape index (κ3) is 12.0. The zero-order valence-corrected chi connectivity index (χ0v) is 17.3. The van der Waals surface area contributed by atoms with E-state index in [9.17, 15) is 0 Å². The topological polar surface area (TPSA) is 3.88 Å². The number of rotatable bonds is 15. The molecule has 0 bridgehead atoms. The Kier molecular flexibility index (Phi) is 14.0. The lowest BCUT2D eigenvalue weighted by Gasteiger charge is -2.05. The Balaban J connectivity index is 1.81. The van der Waals surface area contributed by atoms with E-state index in [2.05, 4.69) is 64.7 Å². The van der Waals surface area contributed by atoms with Crippen LogP contribution in [-0.2, 0) is 0 Å². The maximum atomic E-state index is 2.57. The van der Waals surface area contributed by atoms with Crippen molar-refractivity contribution in [2.24, 2.45) is 0 Å². The number of unbranched alkanes of at least 4 members (excludes halogenated alkanes) is 12. The number of hydrogen-bond acceptors (Lipinski definition) is 0. The lowest BCUT2D eigenvalue weighted by Crippen LogP contribution is -2.34. The van der Waals surface area contributed by atoms with Crippen LogP contribution < -0.4 is 4.57 Å². The standard InChI is InChI=1S/C21H37IN/c1-2-3-4-5-6-7-8-9-10-11-12-13-15-18-21(22)23-19-16-14-17-20-23/h14,16-17,19-21H,2-13,15,18H2,1H3/q+1. The molecular formula is C21H37IN+. The number of pyridine rings is 1. The lowest BCUT2D eigenvalue weighted by atomic mass is 10.0. The summed E-state index contributed by atoms with van der Waals surface area (Å²) in [5.74, 6) is 0. The predicted octanol–water partition coefficient (Wildman–Crippen LogP) is 7.39. The smallest absolute Gasteiger partial charge is 0.193 e. The Morgan fingerprint density at radius 3 is 1.57 bits per heavy atom. The summed E-state index contributed by atoms with van der Waals surface area (Å²) in [4.78, 5) is 0. The molecule has 0 saturated carbocycles. The Morgan fingerprint density at radius 2 is 1.09 bits per heavy atom. The van der Waals surface area contributed by atoms with Gasteiger partial charge in [0.05, 0.1) is 0 Å². The average Bonchev–Trinajstić information content (AvgIpc) is 2.59. The summed E-state index contributed by atoms with van der Waals surface area (Å²) < 4.78 is 2.93. The molecule has 1 aromatic heterocycles. The van der Waals surface area contributed by atoms with Gasteiger partial charge >= 0.3 is 0 Å². The van der Waals surface area contributed by atoms with Crippen molar-refractivity contribution < 1.29 is 4.57 Å². The number of aromatic nitrogens is 1. The van der Waals surface area contributed by atoms with E-state index >= 15 is 0 Å². The molecular weight excluding hydrogens is 393 g/mol. The number of alkyl halides is 1. The van der Waals surface area contributed by atoms with Gasteiger partial charge in [-0.25, -0.2) is 0 Å². The summed E-state index contributed by atoms with van der Waals surface area (Å²) in [7, 11) is 0. The van der Waals surface area contributed by atoms with E-state index in [1.54, 1.807) is 0 Å². The minimum absolute atomic E-state index is 0.613. The van der Waals surface area contributed by atoms with Crippen LogP contribution in [0.5, 0.6) is 0 Å². The molecule has 2 heteroatoms. The Morgan fingerprint density at radius 1 is 0.652 bits per heavy atom. The second kappa shape index (κ2) is 15.4. The lowest BCUT2D eigenvalue weighted by molar-refractivity contribution is -0.694. The molecule has 0 saturated heterocycles. The van der Waals surface area contributed by atoms with Gasteiger partial charge in [0.25, 0.3) is 0 Å². The molecule has 1 unspecified atom stereocenters. The molecule has 1 atom stereocenters. The van der Waals surface area contributed by atoms with Crippen molar-refractivity contribution >= 4 is 22.6 Å². The van der Waals surface area contributed by atoms with Crippen molar-refractivity contribution in [3.05, 3.63) is 30.6 Å². The van der Waals surface area contributed by atoms with Gasteiger partial charge in [0, 0.05) is 18.6 Å². The molecule has 0 aromatic carbocycles. The van der Waals surface area contributed by atoms with Gasteiger partial charge in [-0.15, -0.1) is 0 Å². The van der Waals surface area contributed by atoms with E-state index in [0.29, 0.717) is 4.05 Å². The molecule has 1 nitrogen and oxygen atoms in total. The highest BCUT2D eigenvalue weighted by atomic mass is 127. The predicted molar refractivity (Wildman–Crippen MR) is 110 cm³/mol. The molecule has 0 aliphatic rings. The van der Waals surface area contributed by atoms with Crippen molar-refractivity contribution in [3.63, 3.8) is 0 Å². The molecule has 0 aliphatic heterocycles. The third-order valence-corrected chi connectivity index (χ3v) is 5.87. The largest absolute Gasteiger partial charge is 0.207 e. The van der Waals surface area contributed by atoms with Crippen molar-refractivity contribution in [1.82, 2.24) is 0 Å². The summed E-state index contributed by atoms with van der Waals surface area (Å²) >= 11 is 2.57. The molecule has 0 aliphatic carbocycles.